The summed E-state index contributed by atoms with van der Waals surface area (Å²) < 4.78 is 7.43. The second-order valence-corrected chi connectivity index (χ2v) is 4.58. The van der Waals surface area contributed by atoms with Crippen molar-refractivity contribution in [1.29, 1.82) is 0 Å². The van der Waals surface area contributed by atoms with E-state index < -0.39 is 0 Å². The molecule has 2 aromatic heterocycles. The van der Waals surface area contributed by atoms with Crippen molar-refractivity contribution in [3.63, 3.8) is 0 Å². The van der Waals surface area contributed by atoms with Crippen molar-refractivity contribution in [2.24, 2.45) is 0 Å². The number of fused-ring (bicyclic) bond motifs is 1. The molecule has 0 N–H and O–H groups in total. The third-order valence-corrected chi connectivity index (χ3v) is 3.29. The van der Waals surface area contributed by atoms with Crippen LogP contribution in [0, 0.1) is 0 Å². The molecule has 0 spiro atoms. The smallest absolute Gasteiger partial charge is 0.200 e. The summed E-state index contributed by atoms with van der Waals surface area (Å²) in [4.78, 5) is 4.33. The van der Waals surface area contributed by atoms with Crippen molar-refractivity contribution < 1.29 is 4.74 Å². The Kier molecular flexibility index (Phi) is 2.90. The van der Waals surface area contributed by atoms with E-state index in [0.717, 1.165) is 30.9 Å². The number of imidazole rings is 1. The SMILES string of the molecule is ClCc1nc2nnc(Cl)cc2n1C[C@@H]1CCO1. The van der Waals surface area contributed by atoms with Crippen LogP contribution in [0.15, 0.2) is 6.07 Å². The molecule has 5 nitrogen and oxygen atoms in total. The Morgan fingerprint density at radius 2 is 2.29 bits per heavy atom. The van der Waals surface area contributed by atoms with Gasteiger partial charge in [0.05, 0.1) is 24.0 Å². The van der Waals surface area contributed by atoms with Gasteiger partial charge in [-0.3, -0.25) is 0 Å². The number of hydrogen-bond donors (Lipinski definition) is 0. The molecule has 0 radical (unpaired) electrons. The Hall–Kier alpha value is -0.910. The lowest BCUT2D eigenvalue weighted by Crippen LogP contribution is -2.31. The van der Waals surface area contributed by atoms with Crippen LogP contribution in [0.4, 0.5) is 0 Å². The van der Waals surface area contributed by atoms with Crippen LogP contribution in [0.5, 0.6) is 0 Å². The minimum absolute atomic E-state index is 0.237. The monoisotopic (exact) mass is 272 g/mol. The van der Waals surface area contributed by atoms with Crippen molar-refractivity contribution in [2.45, 2.75) is 24.9 Å². The average Bonchev–Trinajstić information content (AvgIpc) is 2.61. The molecule has 17 heavy (non-hydrogen) atoms. The summed E-state index contributed by atoms with van der Waals surface area (Å²) in [6, 6.07) is 1.76. The fourth-order valence-corrected chi connectivity index (χ4v) is 2.24. The van der Waals surface area contributed by atoms with Crippen LogP contribution >= 0.6 is 23.2 Å². The topological polar surface area (TPSA) is 52.8 Å². The van der Waals surface area contributed by atoms with Gasteiger partial charge in [-0.15, -0.1) is 21.8 Å². The van der Waals surface area contributed by atoms with Crippen LogP contribution in [-0.4, -0.2) is 32.5 Å². The number of alkyl halides is 1. The molecular formula is C10H10Cl2N4O. The zero-order valence-electron chi connectivity index (χ0n) is 8.94. The number of rotatable bonds is 3. The van der Waals surface area contributed by atoms with Gasteiger partial charge >= 0.3 is 0 Å². The molecule has 0 bridgehead atoms. The first kappa shape index (κ1) is 11.2. The quantitative estimate of drug-likeness (QED) is 0.803. The van der Waals surface area contributed by atoms with E-state index in [1.54, 1.807) is 6.07 Å². The molecule has 0 saturated carbocycles. The van der Waals surface area contributed by atoms with Gasteiger partial charge in [0.25, 0.3) is 0 Å². The molecule has 1 aliphatic heterocycles. The van der Waals surface area contributed by atoms with Gasteiger partial charge < -0.3 is 9.30 Å². The standard InChI is InChI=1S/C10H10Cl2N4O/c11-4-9-13-10-7(3-8(12)14-15-10)16(9)5-6-1-2-17-6/h3,6H,1-2,4-5H2/t6-/m0/s1. The van der Waals surface area contributed by atoms with Crippen molar-refractivity contribution in [1.82, 2.24) is 19.7 Å². The van der Waals surface area contributed by atoms with E-state index in [4.69, 9.17) is 27.9 Å². The van der Waals surface area contributed by atoms with Crippen molar-refractivity contribution in [3.8, 4) is 0 Å². The van der Waals surface area contributed by atoms with E-state index in [0.29, 0.717) is 16.7 Å². The second kappa shape index (κ2) is 4.40. The molecular weight excluding hydrogens is 263 g/mol. The van der Waals surface area contributed by atoms with Crippen LogP contribution in [0.2, 0.25) is 5.15 Å². The van der Waals surface area contributed by atoms with Crippen molar-refractivity contribution >= 4 is 34.4 Å². The Morgan fingerprint density at radius 3 is 2.94 bits per heavy atom. The lowest BCUT2D eigenvalue weighted by Gasteiger charge is -2.27. The van der Waals surface area contributed by atoms with Crippen molar-refractivity contribution in [3.05, 3.63) is 17.0 Å². The highest BCUT2D eigenvalue weighted by Gasteiger charge is 2.22. The number of hydrogen-bond acceptors (Lipinski definition) is 4. The van der Waals surface area contributed by atoms with Gasteiger partial charge in [0, 0.05) is 12.7 Å². The lowest BCUT2D eigenvalue weighted by molar-refractivity contribution is -0.0589. The Bertz CT molecular complexity index is 552. The van der Waals surface area contributed by atoms with Gasteiger partial charge in [-0.05, 0) is 6.42 Å². The van der Waals surface area contributed by atoms with E-state index in [1.165, 1.54) is 0 Å². The first-order valence-corrected chi connectivity index (χ1v) is 6.25. The predicted molar refractivity (Wildman–Crippen MR) is 64.2 cm³/mol. The summed E-state index contributed by atoms with van der Waals surface area (Å²) in [6.07, 6.45) is 1.30. The molecule has 1 atom stereocenters. The molecule has 0 aliphatic carbocycles. The summed E-state index contributed by atoms with van der Waals surface area (Å²) in [5.41, 5.74) is 1.43. The minimum Gasteiger partial charge on any atom is -0.376 e. The molecule has 0 unspecified atom stereocenters. The molecule has 1 aliphatic rings. The Morgan fingerprint density at radius 1 is 1.47 bits per heavy atom. The van der Waals surface area contributed by atoms with Crippen LogP contribution in [0.25, 0.3) is 11.2 Å². The molecule has 0 aromatic carbocycles. The normalized spacial score (nSPS) is 19.5. The highest BCUT2D eigenvalue weighted by molar-refractivity contribution is 6.29. The van der Waals surface area contributed by atoms with Crippen LogP contribution in [0.1, 0.15) is 12.2 Å². The number of aromatic nitrogens is 4. The van der Waals surface area contributed by atoms with Gasteiger partial charge in [0.15, 0.2) is 10.8 Å². The fraction of sp³-hybridized carbons (Fsp3) is 0.500. The summed E-state index contributed by atoms with van der Waals surface area (Å²) in [5, 5.41) is 8.08. The molecule has 3 rings (SSSR count). The maximum absolute atomic E-state index is 5.88. The van der Waals surface area contributed by atoms with Gasteiger partial charge in [-0.2, -0.15) is 0 Å². The first-order valence-electron chi connectivity index (χ1n) is 5.34. The molecule has 3 heterocycles. The number of halogens is 2. The van der Waals surface area contributed by atoms with Crippen LogP contribution in [-0.2, 0) is 17.2 Å². The Labute approximate surface area is 108 Å². The second-order valence-electron chi connectivity index (χ2n) is 3.93. The molecule has 7 heteroatoms. The van der Waals surface area contributed by atoms with Crippen LogP contribution in [0.3, 0.4) is 0 Å². The first-order chi connectivity index (χ1) is 8.28. The van der Waals surface area contributed by atoms with E-state index in [9.17, 15) is 0 Å². The van der Waals surface area contributed by atoms with Crippen molar-refractivity contribution in [2.75, 3.05) is 6.61 Å². The highest BCUT2D eigenvalue weighted by atomic mass is 35.5. The zero-order valence-corrected chi connectivity index (χ0v) is 10.4. The van der Waals surface area contributed by atoms with E-state index >= 15 is 0 Å². The van der Waals surface area contributed by atoms with Gasteiger partial charge in [-0.1, -0.05) is 11.6 Å². The summed E-state index contributed by atoms with van der Waals surface area (Å²) >= 11 is 11.7. The Balaban J connectivity index is 2.07. The van der Waals surface area contributed by atoms with Gasteiger partial charge in [0.2, 0.25) is 0 Å². The molecule has 1 fully saturated rings. The molecule has 0 amide bonds. The largest absolute Gasteiger partial charge is 0.376 e. The highest BCUT2D eigenvalue weighted by Crippen LogP contribution is 2.21. The summed E-state index contributed by atoms with van der Waals surface area (Å²) in [6.45, 7) is 1.56. The van der Waals surface area contributed by atoms with Crippen LogP contribution < -0.4 is 0 Å². The lowest BCUT2D eigenvalue weighted by atomic mass is 10.2. The fourth-order valence-electron chi connectivity index (χ4n) is 1.89. The van der Waals surface area contributed by atoms with E-state index in [1.807, 2.05) is 4.57 Å². The molecule has 90 valence electrons. The number of ether oxygens (including phenoxy) is 1. The average molecular weight is 273 g/mol. The maximum Gasteiger partial charge on any atom is 0.200 e. The zero-order chi connectivity index (χ0) is 11.8. The minimum atomic E-state index is 0.237. The predicted octanol–water partition coefficient (Wildman–Crippen LogP) is 2.01. The molecule has 2 aromatic rings. The summed E-state index contributed by atoms with van der Waals surface area (Å²) in [7, 11) is 0. The third kappa shape index (κ3) is 1.99. The maximum atomic E-state index is 5.88. The van der Waals surface area contributed by atoms with Gasteiger partial charge in [-0.25, -0.2) is 4.98 Å². The molecule has 1 saturated heterocycles. The van der Waals surface area contributed by atoms with E-state index in [-0.39, 0.29) is 6.10 Å². The third-order valence-electron chi connectivity index (χ3n) is 2.86. The van der Waals surface area contributed by atoms with E-state index in [2.05, 4.69) is 15.2 Å². The summed E-state index contributed by atoms with van der Waals surface area (Å²) in [5.74, 6) is 1.11. The van der Waals surface area contributed by atoms with Gasteiger partial charge in [0.1, 0.15) is 5.82 Å². The number of nitrogens with zero attached hydrogens (tertiary/aromatic N) is 4.